The zero-order valence-corrected chi connectivity index (χ0v) is 9.54. The highest BCUT2D eigenvalue weighted by Gasteiger charge is 2.16. The molecule has 2 rings (SSSR count). The van der Waals surface area contributed by atoms with Gasteiger partial charge >= 0.3 is 5.97 Å². The number of nitrogens with zero attached hydrogens (tertiary/aromatic N) is 2. The molecule has 6 heteroatoms. The lowest BCUT2D eigenvalue weighted by Crippen LogP contribution is -2.20. The van der Waals surface area contributed by atoms with Crippen LogP contribution in [0.25, 0.3) is 11.1 Å². The molecule has 0 radical (unpaired) electrons. The topological polar surface area (TPSA) is 92.6 Å². The van der Waals surface area contributed by atoms with Crippen LogP contribution in [-0.4, -0.2) is 30.2 Å². The number of rotatable bonds is 3. The Bertz CT molecular complexity index is 562. The minimum Gasteiger partial charge on any atom is -0.480 e. The maximum absolute atomic E-state index is 10.8. The molecule has 2 aromatic rings. The molecule has 0 saturated heterocycles. The Morgan fingerprint density at radius 1 is 1.53 bits per heavy atom. The fourth-order valence-electron chi connectivity index (χ4n) is 1.46. The number of anilines is 1. The molecular formula is C11H13N3O3. The number of nitrogens with two attached hydrogens (primary N) is 1. The van der Waals surface area contributed by atoms with E-state index in [1.54, 1.807) is 23.1 Å². The summed E-state index contributed by atoms with van der Waals surface area (Å²) >= 11 is 0. The maximum Gasteiger partial charge on any atom is 0.325 e. The molecule has 0 bridgehead atoms. The SMILES string of the molecule is CN(C)c1nc2cc(C(N)C(=O)O)ccc2o1. The van der Waals surface area contributed by atoms with Gasteiger partial charge in [0, 0.05) is 14.1 Å². The Morgan fingerprint density at radius 2 is 2.24 bits per heavy atom. The van der Waals surface area contributed by atoms with Gasteiger partial charge in [0.2, 0.25) is 0 Å². The molecule has 0 spiro atoms. The third kappa shape index (κ3) is 2.07. The quantitative estimate of drug-likeness (QED) is 0.823. The second-order valence-electron chi connectivity index (χ2n) is 3.93. The summed E-state index contributed by atoms with van der Waals surface area (Å²) in [5, 5.41) is 8.82. The van der Waals surface area contributed by atoms with Gasteiger partial charge in [-0.05, 0) is 17.7 Å². The predicted molar refractivity (Wildman–Crippen MR) is 62.9 cm³/mol. The lowest BCUT2D eigenvalue weighted by Gasteiger charge is -2.05. The van der Waals surface area contributed by atoms with Crippen LogP contribution < -0.4 is 10.6 Å². The van der Waals surface area contributed by atoms with Crippen molar-refractivity contribution in [1.29, 1.82) is 0 Å². The molecule has 1 aromatic carbocycles. The van der Waals surface area contributed by atoms with E-state index in [0.717, 1.165) is 0 Å². The second kappa shape index (κ2) is 4.06. The molecule has 0 amide bonds. The Kier molecular flexibility index (Phi) is 2.72. The molecule has 0 saturated carbocycles. The summed E-state index contributed by atoms with van der Waals surface area (Å²) in [5.74, 6) is -1.07. The van der Waals surface area contributed by atoms with E-state index in [1.165, 1.54) is 0 Å². The van der Waals surface area contributed by atoms with Crippen molar-refractivity contribution in [3.8, 4) is 0 Å². The number of aliphatic carboxylic acids is 1. The zero-order valence-electron chi connectivity index (χ0n) is 9.54. The molecule has 3 N–H and O–H groups in total. The predicted octanol–water partition coefficient (Wildman–Crippen LogP) is 0.978. The third-order valence-corrected chi connectivity index (χ3v) is 2.41. The molecule has 0 aliphatic heterocycles. The monoisotopic (exact) mass is 235 g/mol. The Balaban J connectivity index is 2.46. The first-order chi connectivity index (χ1) is 7.99. The van der Waals surface area contributed by atoms with Crippen molar-refractivity contribution >= 4 is 23.1 Å². The molecule has 6 nitrogen and oxygen atoms in total. The highest BCUT2D eigenvalue weighted by Crippen LogP contribution is 2.23. The van der Waals surface area contributed by atoms with Gasteiger partial charge in [0.05, 0.1) is 0 Å². The number of carboxylic acid groups (broad SMARTS) is 1. The molecule has 0 aliphatic carbocycles. The second-order valence-corrected chi connectivity index (χ2v) is 3.93. The van der Waals surface area contributed by atoms with Crippen molar-refractivity contribution in [3.63, 3.8) is 0 Å². The number of benzene rings is 1. The molecular weight excluding hydrogens is 222 g/mol. The summed E-state index contributed by atoms with van der Waals surface area (Å²) in [5.41, 5.74) is 7.24. The van der Waals surface area contributed by atoms with E-state index in [1.807, 2.05) is 14.1 Å². The Labute approximate surface area is 97.6 Å². The van der Waals surface area contributed by atoms with Crippen LogP contribution in [0, 0.1) is 0 Å². The van der Waals surface area contributed by atoms with Gasteiger partial charge in [0.1, 0.15) is 11.6 Å². The lowest BCUT2D eigenvalue weighted by atomic mass is 10.1. The van der Waals surface area contributed by atoms with Crippen molar-refractivity contribution in [2.24, 2.45) is 5.73 Å². The largest absolute Gasteiger partial charge is 0.480 e. The number of hydrogen-bond acceptors (Lipinski definition) is 5. The van der Waals surface area contributed by atoms with Crippen LogP contribution in [0.2, 0.25) is 0 Å². The summed E-state index contributed by atoms with van der Waals surface area (Å²) in [6.45, 7) is 0. The van der Waals surface area contributed by atoms with Gasteiger partial charge in [0.25, 0.3) is 6.01 Å². The van der Waals surface area contributed by atoms with Crippen molar-refractivity contribution in [1.82, 2.24) is 4.98 Å². The van der Waals surface area contributed by atoms with E-state index >= 15 is 0 Å². The molecule has 0 fully saturated rings. The molecule has 1 atom stereocenters. The summed E-state index contributed by atoms with van der Waals surface area (Å²) in [6.07, 6.45) is 0. The van der Waals surface area contributed by atoms with Gasteiger partial charge in [0.15, 0.2) is 5.58 Å². The summed E-state index contributed by atoms with van der Waals surface area (Å²) in [7, 11) is 3.63. The van der Waals surface area contributed by atoms with E-state index in [-0.39, 0.29) is 0 Å². The average Bonchev–Trinajstić information content (AvgIpc) is 2.70. The van der Waals surface area contributed by atoms with Gasteiger partial charge in [-0.2, -0.15) is 4.98 Å². The summed E-state index contributed by atoms with van der Waals surface area (Å²) < 4.78 is 5.45. The highest BCUT2D eigenvalue weighted by molar-refractivity contribution is 5.80. The van der Waals surface area contributed by atoms with Crippen LogP contribution in [-0.2, 0) is 4.79 Å². The van der Waals surface area contributed by atoms with E-state index in [2.05, 4.69) is 4.98 Å². The van der Waals surface area contributed by atoms with E-state index in [0.29, 0.717) is 22.7 Å². The number of carboxylic acids is 1. The third-order valence-electron chi connectivity index (χ3n) is 2.41. The smallest absolute Gasteiger partial charge is 0.325 e. The van der Waals surface area contributed by atoms with E-state index in [4.69, 9.17) is 15.3 Å². The van der Waals surface area contributed by atoms with Crippen LogP contribution in [0.5, 0.6) is 0 Å². The van der Waals surface area contributed by atoms with E-state index in [9.17, 15) is 4.79 Å². The molecule has 90 valence electrons. The molecule has 17 heavy (non-hydrogen) atoms. The van der Waals surface area contributed by atoms with Crippen LogP contribution in [0.1, 0.15) is 11.6 Å². The average molecular weight is 235 g/mol. The standard InChI is InChI=1S/C11H13N3O3/c1-14(2)11-13-7-5-6(9(12)10(15)16)3-4-8(7)17-11/h3-5,9H,12H2,1-2H3,(H,15,16). The molecule has 1 heterocycles. The molecule has 1 aromatic heterocycles. The van der Waals surface area contributed by atoms with Gasteiger partial charge in [-0.15, -0.1) is 0 Å². The van der Waals surface area contributed by atoms with Crippen molar-refractivity contribution in [2.75, 3.05) is 19.0 Å². The minimum absolute atomic E-state index is 0.473. The number of carbonyl (C=O) groups is 1. The zero-order chi connectivity index (χ0) is 12.6. The van der Waals surface area contributed by atoms with Crippen LogP contribution in [0.15, 0.2) is 22.6 Å². The normalized spacial score (nSPS) is 12.6. The number of aromatic nitrogens is 1. The first-order valence-corrected chi connectivity index (χ1v) is 5.05. The van der Waals surface area contributed by atoms with Crippen molar-refractivity contribution in [2.45, 2.75) is 6.04 Å². The highest BCUT2D eigenvalue weighted by atomic mass is 16.4. The number of oxazole rings is 1. The Hall–Kier alpha value is -2.08. The molecule has 0 aliphatic rings. The van der Waals surface area contributed by atoms with Gasteiger partial charge in [-0.1, -0.05) is 6.07 Å². The number of hydrogen-bond donors (Lipinski definition) is 2. The Morgan fingerprint density at radius 3 is 2.82 bits per heavy atom. The van der Waals surface area contributed by atoms with Crippen LogP contribution in [0.4, 0.5) is 6.01 Å². The maximum atomic E-state index is 10.8. The fraction of sp³-hybridized carbons (Fsp3) is 0.273. The van der Waals surface area contributed by atoms with E-state index < -0.39 is 12.0 Å². The van der Waals surface area contributed by atoms with Crippen molar-refractivity contribution in [3.05, 3.63) is 23.8 Å². The minimum atomic E-state index is -1.07. The van der Waals surface area contributed by atoms with Crippen LogP contribution >= 0.6 is 0 Å². The first-order valence-electron chi connectivity index (χ1n) is 5.05. The van der Waals surface area contributed by atoms with Gasteiger partial charge in [-0.25, -0.2) is 0 Å². The van der Waals surface area contributed by atoms with Gasteiger partial charge < -0.3 is 20.2 Å². The molecule has 1 unspecified atom stereocenters. The van der Waals surface area contributed by atoms with Crippen molar-refractivity contribution < 1.29 is 14.3 Å². The summed E-state index contributed by atoms with van der Waals surface area (Å²) in [4.78, 5) is 16.7. The fourth-order valence-corrected chi connectivity index (χ4v) is 1.46. The van der Waals surface area contributed by atoms with Crippen LogP contribution in [0.3, 0.4) is 0 Å². The first kappa shape index (κ1) is 11.4. The van der Waals surface area contributed by atoms with Gasteiger partial charge in [-0.3, -0.25) is 4.79 Å². The number of fused-ring (bicyclic) bond motifs is 1. The lowest BCUT2D eigenvalue weighted by molar-refractivity contribution is -0.138. The summed E-state index contributed by atoms with van der Waals surface area (Å²) in [6, 6.07) is 4.36.